The predicted molar refractivity (Wildman–Crippen MR) is 101 cm³/mol. The average Bonchev–Trinajstić information content (AvgIpc) is 2.63. The first-order valence-electron chi connectivity index (χ1n) is 8.61. The Labute approximate surface area is 152 Å². The number of hydrogen-bond donors (Lipinski definition) is 2. The van der Waals surface area contributed by atoms with E-state index in [-0.39, 0.29) is 17.9 Å². The van der Waals surface area contributed by atoms with E-state index in [0.717, 1.165) is 12.1 Å². The summed E-state index contributed by atoms with van der Waals surface area (Å²) in [6, 6.07) is 15.4. The van der Waals surface area contributed by atoms with Gasteiger partial charge in [-0.1, -0.05) is 36.4 Å². The number of benzene rings is 2. The first kappa shape index (κ1) is 17.8. The van der Waals surface area contributed by atoms with Crippen LogP contribution in [0, 0.1) is 0 Å². The van der Waals surface area contributed by atoms with Gasteiger partial charge in [-0.2, -0.15) is 5.10 Å². The van der Waals surface area contributed by atoms with E-state index in [4.69, 9.17) is 0 Å². The molecule has 0 aliphatic carbocycles. The molecule has 0 saturated carbocycles. The second-order valence-corrected chi connectivity index (χ2v) is 6.66. The maximum atomic E-state index is 12.3. The number of quaternary nitrogens is 1. The maximum absolute atomic E-state index is 12.3. The molecule has 0 unspecified atom stereocenters. The van der Waals surface area contributed by atoms with E-state index >= 15 is 0 Å². The van der Waals surface area contributed by atoms with Crippen LogP contribution in [0.5, 0.6) is 0 Å². The highest BCUT2D eigenvalue weighted by Gasteiger charge is 2.08. The minimum atomic E-state index is -0.145. The molecule has 6 nitrogen and oxygen atoms in total. The van der Waals surface area contributed by atoms with E-state index in [1.54, 1.807) is 22.9 Å². The van der Waals surface area contributed by atoms with Crippen molar-refractivity contribution in [3.8, 4) is 0 Å². The fourth-order valence-electron chi connectivity index (χ4n) is 2.86. The Morgan fingerprint density at radius 1 is 1.08 bits per heavy atom. The molecule has 26 heavy (non-hydrogen) atoms. The zero-order chi connectivity index (χ0) is 18.5. The van der Waals surface area contributed by atoms with Gasteiger partial charge in [-0.15, -0.1) is 0 Å². The lowest BCUT2D eigenvalue weighted by molar-refractivity contribution is -0.872. The van der Waals surface area contributed by atoms with Gasteiger partial charge >= 0.3 is 0 Å². The molecule has 0 aliphatic heterocycles. The molecule has 2 N–H and O–H groups in total. The molecule has 2 aromatic carbocycles. The smallest absolute Gasteiger partial charge is 0.242 e. The summed E-state index contributed by atoms with van der Waals surface area (Å²) in [6.07, 6.45) is 1.25. The van der Waals surface area contributed by atoms with E-state index in [0.29, 0.717) is 17.4 Å². The number of fused-ring (bicyclic) bond motifs is 1. The van der Waals surface area contributed by atoms with E-state index in [2.05, 4.69) is 36.6 Å². The third kappa shape index (κ3) is 4.34. The van der Waals surface area contributed by atoms with Gasteiger partial charge in [-0.25, -0.2) is 0 Å². The molecule has 0 atom stereocenters. The van der Waals surface area contributed by atoms with E-state index < -0.39 is 0 Å². The van der Waals surface area contributed by atoms with Crippen LogP contribution in [0.4, 0.5) is 0 Å². The number of rotatable bonds is 6. The molecule has 1 aromatic heterocycles. The first-order valence-corrected chi connectivity index (χ1v) is 8.61. The number of para-hydroxylation sites is 1. The Morgan fingerprint density at radius 3 is 2.50 bits per heavy atom. The Morgan fingerprint density at radius 2 is 1.77 bits per heavy atom. The monoisotopic (exact) mass is 351 g/mol. The van der Waals surface area contributed by atoms with Crippen molar-refractivity contribution in [3.63, 3.8) is 0 Å². The lowest BCUT2D eigenvalue weighted by Crippen LogP contribution is -3.04. The van der Waals surface area contributed by atoms with Crippen molar-refractivity contribution in [1.29, 1.82) is 0 Å². The fraction of sp³-hybridized carbons (Fsp3) is 0.250. The van der Waals surface area contributed by atoms with Crippen LogP contribution in [0.15, 0.2) is 59.5 Å². The lowest BCUT2D eigenvalue weighted by atomic mass is 10.1. The summed E-state index contributed by atoms with van der Waals surface area (Å²) in [4.78, 5) is 25.5. The van der Waals surface area contributed by atoms with Crippen LogP contribution in [-0.4, -0.2) is 29.8 Å². The van der Waals surface area contributed by atoms with Crippen LogP contribution in [0.1, 0.15) is 11.1 Å². The summed E-state index contributed by atoms with van der Waals surface area (Å²) < 4.78 is 1.55. The molecule has 134 valence electrons. The number of aromatic nitrogens is 2. The van der Waals surface area contributed by atoms with Crippen LogP contribution in [0.25, 0.3) is 10.9 Å². The van der Waals surface area contributed by atoms with Crippen LogP contribution in [0.3, 0.4) is 0 Å². The largest absolute Gasteiger partial charge is 0.350 e. The van der Waals surface area contributed by atoms with Crippen molar-refractivity contribution in [3.05, 3.63) is 76.1 Å². The number of carbonyl (C=O) groups excluding carboxylic acids is 1. The fourth-order valence-corrected chi connectivity index (χ4v) is 2.86. The van der Waals surface area contributed by atoms with Gasteiger partial charge in [-0.05, 0) is 17.7 Å². The molecule has 3 rings (SSSR count). The Bertz CT molecular complexity index is 961. The molecular weight excluding hydrogens is 328 g/mol. The molecule has 0 aliphatic rings. The molecular formula is C20H23N4O2+. The van der Waals surface area contributed by atoms with Crippen LogP contribution in [-0.2, 0) is 24.4 Å². The van der Waals surface area contributed by atoms with Gasteiger partial charge in [0.2, 0.25) is 11.3 Å². The first-order chi connectivity index (χ1) is 12.5. The van der Waals surface area contributed by atoms with Gasteiger partial charge in [0.1, 0.15) is 13.1 Å². The maximum Gasteiger partial charge on any atom is 0.242 e. The van der Waals surface area contributed by atoms with Crippen molar-refractivity contribution in [2.75, 3.05) is 14.1 Å². The van der Waals surface area contributed by atoms with Crippen LogP contribution in [0.2, 0.25) is 0 Å². The molecule has 3 aromatic rings. The SMILES string of the molecule is C[NH+](C)Cc1ccc(CNC(=O)Cn2ncc(=O)c3ccccc32)cc1. The van der Waals surface area contributed by atoms with Crippen molar-refractivity contribution in [1.82, 2.24) is 15.1 Å². The minimum Gasteiger partial charge on any atom is -0.350 e. The van der Waals surface area contributed by atoms with Crippen molar-refractivity contribution in [2.45, 2.75) is 19.6 Å². The highest BCUT2D eigenvalue weighted by molar-refractivity contribution is 5.81. The van der Waals surface area contributed by atoms with Crippen molar-refractivity contribution in [2.24, 2.45) is 0 Å². The van der Waals surface area contributed by atoms with Gasteiger partial charge in [0.05, 0.1) is 25.8 Å². The number of amides is 1. The van der Waals surface area contributed by atoms with E-state index in [9.17, 15) is 9.59 Å². The molecule has 0 bridgehead atoms. The third-order valence-electron chi connectivity index (χ3n) is 4.13. The second-order valence-electron chi connectivity index (χ2n) is 6.66. The summed E-state index contributed by atoms with van der Waals surface area (Å²) in [6.45, 7) is 1.51. The molecule has 1 amide bonds. The van der Waals surface area contributed by atoms with E-state index in [1.165, 1.54) is 16.7 Å². The van der Waals surface area contributed by atoms with E-state index in [1.807, 2.05) is 18.2 Å². The van der Waals surface area contributed by atoms with Gasteiger partial charge in [0.25, 0.3) is 0 Å². The van der Waals surface area contributed by atoms with Gasteiger partial charge < -0.3 is 10.2 Å². The number of hydrogen-bond acceptors (Lipinski definition) is 3. The summed E-state index contributed by atoms with van der Waals surface area (Å²) in [5.41, 5.74) is 2.83. The van der Waals surface area contributed by atoms with Gasteiger partial charge in [0.15, 0.2) is 0 Å². The highest BCUT2D eigenvalue weighted by atomic mass is 16.2. The van der Waals surface area contributed by atoms with Gasteiger partial charge in [-0.3, -0.25) is 14.3 Å². The Kier molecular flexibility index (Phi) is 5.43. The lowest BCUT2D eigenvalue weighted by Gasteiger charge is -2.10. The van der Waals surface area contributed by atoms with Crippen LogP contribution >= 0.6 is 0 Å². The molecule has 0 radical (unpaired) electrons. The predicted octanol–water partition coefficient (Wildman–Crippen LogP) is 0.357. The number of carbonyl (C=O) groups is 1. The Hall–Kier alpha value is -2.99. The highest BCUT2D eigenvalue weighted by Crippen LogP contribution is 2.08. The standard InChI is InChI=1S/C20H22N4O2/c1-23(2)13-16-9-7-15(8-10-16)11-21-20(26)14-24-18-6-4-3-5-17(18)19(25)12-22-24/h3-10,12H,11,13-14H2,1-2H3,(H,21,26)/p+1. The normalized spacial score (nSPS) is 11.0. The third-order valence-corrected chi connectivity index (χ3v) is 4.13. The second kappa shape index (κ2) is 7.93. The summed E-state index contributed by atoms with van der Waals surface area (Å²) in [5, 5.41) is 7.55. The number of nitrogens with zero attached hydrogens (tertiary/aromatic N) is 2. The minimum absolute atomic E-state index is 0.0723. The summed E-state index contributed by atoms with van der Waals surface area (Å²) in [7, 11) is 4.23. The molecule has 0 fully saturated rings. The molecule has 6 heteroatoms. The van der Waals surface area contributed by atoms with Gasteiger partial charge in [0, 0.05) is 17.5 Å². The molecule has 1 heterocycles. The number of nitrogens with one attached hydrogen (secondary N) is 2. The quantitative estimate of drug-likeness (QED) is 0.674. The zero-order valence-corrected chi connectivity index (χ0v) is 15.0. The summed E-state index contributed by atoms with van der Waals surface area (Å²) >= 11 is 0. The summed E-state index contributed by atoms with van der Waals surface area (Å²) in [5.74, 6) is -0.145. The Balaban J connectivity index is 1.63. The zero-order valence-electron chi connectivity index (χ0n) is 15.0. The van der Waals surface area contributed by atoms with Crippen LogP contribution < -0.4 is 15.6 Å². The average molecular weight is 351 g/mol. The topological polar surface area (TPSA) is 68.4 Å². The molecule has 0 saturated heterocycles. The molecule has 0 spiro atoms. The van der Waals surface area contributed by atoms with Crippen molar-refractivity contribution >= 4 is 16.8 Å². The van der Waals surface area contributed by atoms with Crippen molar-refractivity contribution < 1.29 is 9.69 Å².